The van der Waals surface area contributed by atoms with Gasteiger partial charge >= 0.3 is 5.97 Å². The van der Waals surface area contributed by atoms with Gasteiger partial charge in [0, 0.05) is 0 Å². The number of carbonyl (C=O) groups excluding carboxylic acids is 1. The Hall–Kier alpha value is -2.11. The maximum absolute atomic E-state index is 12.7. The summed E-state index contributed by atoms with van der Waals surface area (Å²) in [5.41, 5.74) is 0. The minimum atomic E-state index is -1.04. The Morgan fingerprint density at radius 2 is 2.00 bits per heavy atom. The molecule has 0 radical (unpaired) electrons. The predicted octanol–water partition coefficient (Wildman–Crippen LogP) is 1.96. The van der Waals surface area contributed by atoms with Gasteiger partial charge in [-0.2, -0.15) is 0 Å². The third-order valence-corrected chi connectivity index (χ3v) is 2.62. The van der Waals surface area contributed by atoms with Gasteiger partial charge in [-0.1, -0.05) is 13.3 Å². The smallest absolute Gasteiger partial charge is 0.326 e. The zero-order valence-corrected chi connectivity index (χ0v) is 11.3. The Morgan fingerprint density at radius 1 is 1.35 bits per heavy atom. The average Bonchev–Trinajstić information content (AvgIpc) is 2.40. The van der Waals surface area contributed by atoms with E-state index in [9.17, 15) is 14.0 Å². The van der Waals surface area contributed by atoms with E-state index in [0.717, 1.165) is 0 Å². The summed E-state index contributed by atoms with van der Waals surface area (Å²) >= 11 is 0. The van der Waals surface area contributed by atoms with Gasteiger partial charge in [0.05, 0.1) is 13.0 Å². The van der Waals surface area contributed by atoms with Crippen molar-refractivity contribution in [2.45, 2.75) is 32.2 Å². The van der Waals surface area contributed by atoms with Crippen LogP contribution >= 0.6 is 0 Å². The van der Waals surface area contributed by atoms with Crippen molar-refractivity contribution in [3.8, 4) is 5.75 Å². The van der Waals surface area contributed by atoms with E-state index in [2.05, 4.69) is 5.32 Å². The highest BCUT2D eigenvalue weighted by Crippen LogP contribution is 2.11. The number of nitrogens with one attached hydrogen (secondary N) is 1. The molecule has 6 heteroatoms. The fraction of sp³-hybridized carbons (Fsp3) is 0.429. The third kappa shape index (κ3) is 5.69. The van der Waals surface area contributed by atoms with Crippen molar-refractivity contribution in [3.63, 3.8) is 0 Å². The van der Waals surface area contributed by atoms with Gasteiger partial charge in [0.1, 0.15) is 17.6 Å². The van der Waals surface area contributed by atoms with Crippen LogP contribution in [0.2, 0.25) is 0 Å². The number of aliphatic carboxylic acids is 1. The molecule has 0 aliphatic heterocycles. The second-order valence-electron chi connectivity index (χ2n) is 4.30. The number of benzene rings is 1. The summed E-state index contributed by atoms with van der Waals surface area (Å²) in [5, 5.41) is 11.3. The molecule has 0 fully saturated rings. The fourth-order valence-electron chi connectivity index (χ4n) is 1.60. The highest BCUT2D eigenvalue weighted by Gasteiger charge is 2.18. The minimum Gasteiger partial charge on any atom is -0.493 e. The number of ether oxygens (including phenoxy) is 1. The van der Waals surface area contributed by atoms with Gasteiger partial charge in [-0.3, -0.25) is 4.79 Å². The van der Waals surface area contributed by atoms with Gasteiger partial charge in [-0.15, -0.1) is 0 Å². The van der Waals surface area contributed by atoms with E-state index in [4.69, 9.17) is 9.84 Å². The molecule has 2 N–H and O–H groups in total. The minimum absolute atomic E-state index is 0.0465. The highest BCUT2D eigenvalue weighted by molar-refractivity contribution is 5.83. The van der Waals surface area contributed by atoms with Crippen molar-refractivity contribution in [2.24, 2.45) is 0 Å². The Balaban J connectivity index is 2.32. The van der Waals surface area contributed by atoms with Gasteiger partial charge in [0.25, 0.3) is 0 Å². The molecular weight excluding hydrogens is 265 g/mol. The monoisotopic (exact) mass is 283 g/mol. The molecule has 0 spiro atoms. The summed E-state index contributed by atoms with van der Waals surface area (Å²) in [4.78, 5) is 22.4. The number of carboxylic acid groups (broad SMARTS) is 1. The van der Waals surface area contributed by atoms with E-state index in [-0.39, 0.29) is 24.8 Å². The first-order chi connectivity index (χ1) is 9.52. The lowest BCUT2D eigenvalue weighted by Gasteiger charge is -2.13. The Labute approximate surface area is 116 Å². The van der Waals surface area contributed by atoms with Gasteiger partial charge in [-0.25, -0.2) is 9.18 Å². The topological polar surface area (TPSA) is 75.6 Å². The van der Waals surface area contributed by atoms with Gasteiger partial charge in [0.15, 0.2) is 0 Å². The summed E-state index contributed by atoms with van der Waals surface area (Å²) < 4.78 is 17.9. The first-order valence-corrected chi connectivity index (χ1v) is 6.43. The average molecular weight is 283 g/mol. The number of rotatable bonds is 8. The summed E-state index contributed by atoms with van der Waals surface area (Å²) in [5.74, 6) is -1.32. The third-order valence-electron chi connectivity index (χ3n) is 2.62. The molecule has 0 saturated carbocycles. The molecule has 0 bridgehead atoms. The van der Waals surface area contributed by atoms with Crippen LogP contribution in [0.4, 0.5) is 4.39 Å². The molecule has 0 aromatic heterocycles. The number of carbonyl (C=O) groups is 2. The van der Waals surface area contributed by atoms with Crippen LogP contribution in [0.3, 0.4) is 0 Å². The molecule has 0 aliphatic carbocycles. The molecule has 1 aromatic carbocycles. The van der Waals surface area contributed by atoms with Gasteiger partial charge in [0.2, 0.25) is 5.91 Å². The summed E-state index contributed by atoms with van der Waals surface area (Å²) in [7, 11) is 0. The van der Waals surface area contributed by atoms with E-state index < -0.39 is 12.0 Å². The Morgan fingerprint density at radius 3 is 2.55 bits per heavy atom. The molecule has 5 nitrogen and oxygen atoms in total. The van der Waals surface area contributed by atoms with Crippen LogP contribution in [0.1, 0.15) is 26.2 Å². The molecule has 0 heterocycles. The van der Waals surface area contributed by atoms with Gasteiger partial charge in [-0.05, 0) is 30.7 Å². The number of carboxylic acids is 1. The molecule has 1 amide bonds. The normalized spacial score (nSPS) is 11.7. The molecule has 1 aromatic rings. The SMILES string of the molecule is CCC[C@@H](NC(=O)CCOc1ccc(F)cc1)C(=O)O. The van der Waals surface area contributed by atoms with Crippen molar-refractivity contribution in [2.75, 3.05) is 6.61 Å². The molecule has 20 heavy (non-hydrogen) atoms. The largest absolute Gasteiger partial charge is 0.493 e. The van der Waals surface area contributed by atoms with E-state index in [1.165, 1.54) is 24.3 Å². The fourth-order valence-corrected chi connectivity index (χ4v) is 1.60. The van der Waals surface area contributed by atoms with E-state index in [1.807, 2.05) is 6.92 Å². The Bertz CT molecular complexity index is 447. The van der Waals surface area contributed by atoms with Crippen LogP contribution in [0.5, 0.6) is 5.75 Å². The molecule has 0 saturated heterocycles. The van der Waals surface area contributed by atoms with Crippen LogP contribution in [-0.2, 0) is 9.59 Å². The van der Waals surface area contributed by atoms with Crippen molar-refractivity contribution >= 4 is 11.9 Å². The van der Waals surface area contributed by atoms with E-state index >= 15 is 0 Å². The van der Waals surface area contributed by atoms with E-state index in [0.29, 0.717) is 18.6 Å². The Kier molecular flexibility index (Phi) is 6.49. The summed E-state index contributed by atoms with van der Waals surface area (Å²) in [6.07, 6.45) is 1.11. The highest BCUT2D eigenvalue weighted by atomic mass is 19.1. The van der Waals surface area contributed by atoms with Crippen LogP contribution in [0.25, 0.3) is 0 Å². The van der Waals surface area contributed by atoms with Crippen LogP contribution in [0.15, 0.2) is 24.3 Å². The lowest BCUT2D eigenvalue weighted by molar-refractivity contribution is -0.142. The summed E-state index contributed by atoms with van der Waals surface area (Å²) in [6, 6.07) is 4.58. The molecule has 110 valence electrons. The molecule has 1 rings (SSSR count). The maximum atomic E-state index is 12.7. The molecule has 0 aliphatic rings. The standard InChI is InChI=1S/C14H18FNO4/c1-2-3-12(14(18)19)16-13(17)8-9-20-11-6-4-10(15)5-7-11/h4-7,12H,2-3,8-9H2,1H3,(H,16,17)(H,18,19)/t12-/m1/s1. The lowest BCUT2D eigenvalue weighted by atomic mass is 10.1. The van der Waals surface area contributed by atoms with Crippen molar-refractivity contribution in [1.29, 1.82) is 0 Å². The first-order valence-electron chi connectivity index (χ1n) is 6.43. The number of amides is 1. The molecule has 1 atom stereocenters. The lowest BCUT2D eigenvalue weighted by Crippen LogP contribution is -2.41. The number of halogens is 1. The predicted molar refractivity (Wildman–Crippen MR) is 71.0 cm³/mol. The molecule has 0 unspecified atom stereocenters. The van der Waals surface area contributed by atoms with Crippen LogP contribution in [0, 0.1) is 5.82 Å². The van der Waals surface area contributed by atoms with Crippen LogP contribution < -0.4 is 10.1 Å². The van der Waals surface area contributed by atoms with Crippen molar-refractivity contribution in [3.05, 3.63) is 30.1 Å². The number of hydrogen-bond donors (Lipinski definition) is 2. The zero-order valence-electron chi connectivity index (χ0n) is 11.3. The summed E-state index contributed by atoms with van der Waals surface area (Å²) in [6.45, 7) is 1.95. The molecular formula is C14H18FNO4. The second-order valence-corrected chi connectivity index (χ2v) is 4.30. The zero-order chi connectivity index (χ0) is 15.0. The van der Waals surface area contributed by atoms with Gasteiger partial charge < -0.3 is 15.2 Å². The van der Waals surface area contributed by atoms with Crippen molar-refractivity contribution < 1.29 is 23.8 Å². The van der Waals surface area contributed by atoms with E-state index in [1.54, 1.807) is 0 Å². The quantitative estimate of drug-likeness (QED) is 0.764. The van der Waals surface area contributed by atoms with Crippen molar-refractivity contribution in [1.82, 2.24) is 5.32 Å². The second kappa shape index (κ2) is 8.14. The van der Waals surface area contributed by atoms with Crippen LogP contribution in [-0.4, -0.2) is 29.6 Å². The first kappa shape index (κ1) is 15.9. The number of hydrogen-bond acceptors (Lipinski definition) is 3. The maximum Gasteiger partial charge on any atom is 0.326 e.